The summed E-state index contributed by atoms with van der Waals surface area (Å²) in [5.41, 5.74) is 0.543. The first kappa shape index (κ1) is 30.1. The zero-order chi connectivity index (χ0) is 29.5. The van der Waals surface area contributed by atoms with E-state index in [1.54, 1.807) is 6.92 Å². The maximum atomic E-state index is 13.9. The summed E-state index contributed by atoms with van der Waals surface area (Å²) in [5.74, 6) is 0.139. The highest BCUT2D eigenvalue weighted by molar-refractivity contribution is 5.81. The summed E-state index contributed by atoms with van der Waals surface area (Å²) in [7, 11) is 0. The summed E-state index contributed by atoms with van der Waals surface area (Å²) in [6.45, 7) is 18.0. The molecule has 9 atom stereocenters. The first-order valence-electron chi connectivity index (χ1n) is 15.9. The highest BCUT2D eigenvalue weighted by atomic mass is 16.6. The first-order valence-corrected chi connectivity index (χ1v) is 15.9. The number of carbonyl (C=O) groups excluding carboxylic acids is 2. The lowest BCUT2D eigenvalue weighted by Crippen LogP contribution is -2.67. The lowest BCUT2D eigenvalue weighted by Gasteiger charge is -2.71. The minimum atomic E-state index is -0.705. The summed E-state index contributed by atoms with van der Waals surface area (Å²) in [4.78, 5) is 25.9. The summed E-state index contributed by atoms with van der Waals surface area (Å²) in [6.07, 6.45) is 9.22. The van der Waals surface area contributed by atoms with Gasteiger partial charge >= 0.3 is 11.9 Å². The summed E-state index contributed by atoms with van der Waals surface area (Å²) in [6, 6.07) is 0. The number of carbonyl (C=O) groups is 2. The molecule has 0 bridgehead atoms. The number of hydrogen-bond acceptors (Lipinski definition) is 6. The van der Waals surface area contributed by atoms with Crippen LogP contribution < -0.4 is 0 Å². The Balaban J connectivity index is 1.53. The SMILES string of the molecule is CCOC(=O)COC(=O)[C@]12CCC(C)(C)C[C@H]1C1=CC[C@@H]3[C@@]4(C)C[C@@H](O)[C@H](O)C(C)(C)[C@@H]4CC[C@@]3(C)[C@]1(C)CC2. The molecule has 6 heteroatoms. The number of ether oxygens (including phenoxy) is 2. The van der Waals surface area contributed by atoms with Gasteiger partial charge in [-0.2, -0.15) is 0 Å². The number of esters is 2. The van der Waals surface area contributed by atoms with Crippen LogP contribution in [-0.4, -0.2) is 47.6 Å². The Morgan fingerprint density at radius 3 is 2.25 bits per heavy atom. The number of aliphatic hydroxyl groups is 2. The van der Waals surface area contributed by atoms with Crippen LogP contribution >= 0.6 is 0 Å². The largest absolute Gasteiger partial charge is 0.463 e. The van der Waals surface area contributed by atoms with Crippen LogP contribution in [0.15, 0.2) is 11.6 Å². The van der Waals surface area contributed by atoms with Crippen molar-refractivity contribution < 1.29 is 29.3 Å². The number of hydrogen-bond donors (Lipinski definition) is 2. The average Bonchev–Trinajstić information content (AvgIpc) is 2.86. The molecular formula is C34H54O6. The van der Waals surface area contributed by atoms with Crippen molar-refractivity contribution in [2.24, 2.45) is 50.2 Å². The van der Waals surface area contributed by atoms with Gasteiger partial charge in [-0.3, -0.25) is 4.79 Å². The van der Waals surface area contributed by atoms with Gasteiger partial charge in [-0.25, -0.2) is 4.79 Å². The fourth-order valence-electron chi connectivity index (χ4n) is 11.2. The maximum absolute atomic E-state index is 13.9. The minimum absolute atomic E-state index is 0.0308. The van der Waals surface area contributed by atoms with Crippen LogP contribution in [0.2, 0.25) is 0 Å². The lowest BCUT2D eigenvalue weighted by atomic mass is 9.33. The van der Waals surface area contributed by atoms with Gasteiger partial charge in [0.15, 0.2) is 6.61 Å². The van der Waals surface area contributed by atoms with Crippen LogP contribution in [0.3, 0.4) is 0 Å². The number of aliphatic hydroxyl groups excluding tert-OH is 2. The van der Waals surface area contributed by atoms with Crippen LogP contribution in [0, 0.1) is 50.2 Å². The van der Waals surface area contributed by atoms with Crippen molar-refractivity contribution in [2.75, 3.05) is 13.2 Å². The molecule has 40 heavy (non-hydrogen) atoms. The van der Waals surface area contributed by atoms with Crippen molar-refractivity contribution >= 4 is 11.9 Å². The fraction of sp³-hybridized carbons (Fsp3) is 0.882. The van der Waals surface area contributed by atoms with E-state index in [-0.39, 0.29) is 52.2 Å². The Hall–Kier alpha value is -1.40. The Morgan fingerprint density at radius 2 is 1.57 bits per heavy atom. The predicted octanol–water partition coefficient (Wildman–Crippen LogP) is 6.23. The second-order valence-electron chi connectivity index (χ2n) is 16.3. The van der Waals surface area contributed by atoms with E-state index in [0.717, 1.165) is 51.4 Å². The third kappa shape index (κ3) is 4.08. The van der Waals surface area contributed by atoms with Crippen molar-refractivity contribution in [2.45, 2.75) is 125 Å². The van der Waals surface area contributed by atoms with Gasteiger partial charge in [-0.05, 0) is 110 Å². The molecule has 226 valence electrons. The van der Waals surface area contributed by atoms with Gasteiger partial charge in [0.2, 0.25) is 0 Å². The normalized spacial score (nSPS) is 47.0. The zero-order valence-corrected chi connectivity index (χ0v) is 26.3. The molecule has 0 aliphatic heterocycles. The van der Waals surface area contributed by atoms with Gasteiger partial charge in [-0.1, -0.05) is 60.1 Å². The molecule has 2 N–H and O–H groups in total. The summed E-state index contributed by atoms with van der Waals surface area (Å²) < 4.78 is 10.7. The second kappa shape index (κ2) is 9.56. The molecule has 0 saturated heterocycles. The molecule has 5 aliphatic carbocycles. The van der Waals surface area contributed by atoms with E-state index in [1.165, 1.54) is 5.57 Å². The topological polar surface area (TPSA) is 93.1 Å². The molecule has 0 unspecified atom stereocenters. The van der Waals surface area contributed by atoms with Crippen molar-refractivity contribution in [3.8, 4) is 0 Å². The lowest BCUT2D eigenvalue weighted by molar-refractivity contribution is -0.232. The summed E-state index contributed by atoms with van der Waals surface area (Å²) in [5, 5.41) is 22.1. The third-order valence-corrected chi connectivity index (χ3v) is 13.6. The van der Waals surface area contributed by atoms with Gasteiger partial charge in [-0.15, -0.1) is 0 Å². The van der Waals surface area contributed by atoms with Gasteiger partial charge in [0.25, 0.3) is 0 Å². The van der Waals surface area contributed by atoms with Gasteiger partial charge in [0.1, 0.15) is 0 Å². The molecule has 5 aliphatic rings. The molecule has 6 nitrogen and oxygen atoms in total. The Morgan fingerprint density at radius 1 is 0.900 bits per heavy atom. The molecule has 0 radical (unpaired) electrons. The van der Waals surface area contributed by atoms with Gasteiger partial charge < -0.3 is 19.7 Å². The van der Waals surface area contributed by atoms with E-state index in [4.69, 9.17) is 9.47 Å². The maximum Gasteiger partial charge on any atom is 0.344 e. The highest BCUT2D eigenvalue weighted by Gasteiger charge is 2.70. The molecule has 4 fully saturated rings. The van der Waals surface area contributed by atoms with Crippen LogP contribution in [0.5, 0.6) is 0 Å². The molecule has 0 aromatic heterocycles. The van der Waals surface area contributed by atoms with Crippen LogP contribution in [0.1, 0.15) is 113 Å². The molecule has 4 saturated carbocycles. The number of rotatable bonds is 4. The van der Waals surface area contributed by atoms with Crippen molar-refractivity contribution in [3.63, 3.8) is 0 Å². The van der Waals surface area contributed by atoms with E-state index in [2.05, 4.69) is 54.5 Å². The van der Waals surface area contributed by atoms with Crippen molar-refractivity contribution in [3.05, 3.63) is 11.6 Å². The molecule has 0 aromatic carbocycles. The smallest absolute Gasteiger partial charge is 0.344 e. The molecule has 0 heterocycles. The van der Waals surface area contributed by atoms with Crippen LogP contribution in [0.4, 0.5) is 0 Å². The van der Waals surface area contributed by atoms with E-state index >= 15 is 0 Å². The van der Waals surface area contributed by atoms with Gasteiger partial charge in [0.05, 0.1) is 24.2 Å². The van der Waals surface area contributed by atoms with Gasteiger partial charge in [0, 0.05) is 0 Å². The van der Waals surface area contributed by atoms with Crippen molar-refractivity contribution in [1.82, 2.24) is 0 Å². The Labute approximate surface area is 241 Å². The molecule has 5 rings (SSSR count). The first-order chi connectivity index (χ1) is 18.5. The minimum Gasteiger partial charge on any atom is -0.463 e. The van der Waals surface area contributed by atoms with Crippen LogP contribution in [0.25, 0.3) is 0 Å². The Bertz CT molecular complexity index is 1080. The number of allylic oxidation sites excluding steroid dienone is 2. The molecule has 0 amide bonds. The second-order valence-corrected chi connectivity index (χ2v) is 16.3. The van der Waals surface area contributed by atoms with E-state index < -0.39 is 23.6 Å². The monoisotopic (exact) mass is 558 g/mol. The summed E-state index contributed by atoms with van der Waals surface area (Å²) >= 11 is 0. The quantitative estimate of drug-likeness (QED) is 0.314. The molecule has 0 aromatic rings. The van der Waals surface area contributed by atoms with E-state index in [9.17, 15) is 19.8 Å². The third-order valence-electron chi connectivity index (χ3n) is 13.6. The Kier molecular flexibility index (Phi) is 7.18. The van der Waals surface area contributed by atoms with Crippen LogP contribution in [-0.2, 0) is 19.1 Å². The zero-order valence-electron chi connectivity index (χ0n) is 26.3. The molecular weight excluding hydrogens is 504 g/mol. The van der Waals surface area contributed by atoms with E-state index in [1.807, 2.05) is 0 Å². The van der Waals surface area contributed by atoms with E-state index in [0.29, 0.717) is 18.3 Å². The number of fused-ring (bicyclic) bond motifs is 7. The standard InChI is InChI=1S/C34H54O6/c1-9-39-26(36)20-40-28(38)34-16-14-29(2,3)18-22(34)21-10-11-25-31(6)19-23(35)27(37)30(4,5)24(31)12-13-33(25,8)32(21,7)15-17-34/h10,22-25,27,35,37H,9,11-20H2,1-8H3/t22-,23+,24-,25+,27-,31-,32+,33+,34-/m0/s1. The predicted molar refractivity (Wildman–Crippen MR) is 154 cm³/mol. The average molecular weight is 559 g/mol. The highest BCUT2D eigenvalue weighted by Crippen LogP contribution is 2.75. The molecule has 0 spiro atoms. The van der Waals surface area contributed by atoms with Crippen molar-refractivity contribution in [1.29, 1.82) is 0 Å². The fourth-order valence-corrected chi connectivity index (χ4v) is 11.2.